The summed E-state index contributed by atoms with van der Waals surface area (Å²) >= 11 is 11.8. The topological polar surface area (TPSA) is 52.9 Å². The number of halogens is 2. The van der Waals surface area contributed by atoms with Crippen LogP contribution in [0.1, 0.15) is 23.2 Å². The van der Waals surface area contributed by atoms with E-state index in [1.54, 1.807) is 18.2 Å². The Morgan fingerprint density at radius 2 is 2.18 bits per heavy atom. The Hall–Kier alpha value is -1.24. The van der Waals surface area contributed by atoms with E-state index in [1.165, 1.54) is 0 Å². The highest BCUT2D eigenvalue weighted by Crippen LogP contribution is 2.33. The highest BCUT2D eigenvalue weighted by Gasteiger charge is 2.32. The van der Waals surface area contributed by atoms with E-state index in [4.69, 9.17) is 28.5 Å². The normalized spacial score (nSPS) is 16.1. The monoisotopic (exact) mass is 268 g/mol. The van der Waals surface area contributed by atoms with Crippen LogP contribution in [0.25, 0.3) is 0 Å². The first-order valence-electron chi connectivity index (χ1n) is 5.28. The van der Waals surface area contributed by atoms with Gasteiger partial charge in [0.1, 0.15) is 6.04 Å². The first-order valence-corrected chi connectivity index (χ1v) is 6.03. The molecule has 0 aromatic heterocycles. The van der Waals surface area contributed by atoms with Crippen molar-refractivity contribution in [2.45, 2.75) is 18.9 Å². The number of amides is 1. The lowest BCUT2D eigenvalue weighted by atomic mass is 10.1. The molecule has 0 aliphatic heterocycles. The van der Waals surface area contributed by atoms with Crippen molar-refractivity contribution >= 4 is 29.1 Å². The molecule has 1 amide bonds. The molecular weight excluding hydrogens is 259 g/mol. The van der Waals surface area contributed by atoms with Crippen molar-refractivity contribution in [3.8, 4) is 6.07 Å². The minimum Gasteiger partial charge on any atom is -0.336 e. The molecule has 1 aromatic carbocycles. The zero-order valence-corrected chi connectivity index (χ0v) is 10.4. The second-order valence-electron chi connectivity index (χ2n) is 4.02. The number of benzene rings is 1. The lowest BCUT2D eigenvalue weighted by Crippen LogP contribution is -2.35. The molecule has 0 bridgehead atoms. The number of carbonyl (C=O) groups excluding carboxylic acids is 1. The van der Waals surface area contributed by atoms with Crippen LogP contribution in [0.4, 0.5) is 0 Å². The number of nitriles is 1. The maximum absolute atomic E-state index is 11.9. The quantitative estimate of drug-likeness (QED) is 0.916. The van der Waals surface area contributed by atoms with Gasteiger partial charge in [-0.2, -0.15) is 5.26 Å². The van der Waals surface area contributed by atoms with Crippen molar-refractivity contribution in [1.29, 1.82) is 5.26 Å². The number of nitrogens with one attached hydrogen (secondary N) is 1. The number of hydrogen-bond donors (Lipinski definition) is 1. The second-order valence-corrected chi connectivity index (χ2v) is 4.80. The molecule has 0 spiro atoms. The molecule has 1 N–H and O–H groups in total. The highest BCUT2D eigenvalue weighted by molar-refractivity contribution is 6.43. The molecule has 1 aliphatic rings. The summed E-state index contributed by atoms with van der Waals surface area (Å²) < 4.78 is 0. The molecule has 17 heavy (non-hydrogen) atoms. The average Bonchev–Trinajstić information content (AvgIpc) is 3.13. The maximum Gasteiger partial charge on any atom is 0.253 e. The van der Waals surface area contributed by atoms with E-state index in [9.17, 15) is 4.79 Å². The molecule has 88 valence electrons. The lowest BCUT2D eigenvalue weighted by molar-refractivity contribution is 0.0942. The maximum atomic E-state index is 11.9. The summed E-state index contributed by atoms with van der Waals surface area (Å²) in [6.07, 6.45) is 1.98. The summed E-state index contributed by atoms with van der Waals surface area (Å²) in [6, 6.07) is 6.51. The molecule has 0 heterocycles. The molecule has 1 unspecified atom stereocenters. The van der Waals surface area contributed by atoms with E-state index in [1.807, 2.05) is 0 Å². The van der Waals surface area contributed by atoms with Gasteiger partial charge in [0.25, 0.3) is 5.91 Å². The third kappa shape index (κ3) is 2.71. The van der Waals surface area contributed by atoms with E-state index >= 15 is 0 Å². The fourth-order valence-corrected chi connectivity index (χ4v) is 1.97. The first-order chi connectivity index (χ1) is 8.13. The third-order valence-corrected chi connectivity index (χ3v) is 3.53. The van der Waals surface area contributed by atoms with E-state index in [2.05, 4.69) is 11.4 Å². The van der Waals surface area contributed by atoms with Gasteiger partial charge in [-0.15, -0.1) is 0 Å². The second kappa shape index (κ2) is 4.95. The summed E-state index contributed by atoms with van der Waals surface area (Å²) in [5, 5.41) is 12.2. The van der Waals surface area contributed by atoms with Gasteiger partial charge in [-0.3, -0.25) is 4.79 Å². The Labute approximate surface area is 109 Å². The molecular formula is C12H10Cl2N2O. The molecule has 1 fully saturated rings. The van der Waals surface area contributed by atoms with Gasteiger partial charge in [0.05, 0.1) is 21.7 Å². The van der Waals surface area contributed by atoms with Gasteiger partial charge >= 0.3 is 0 Å². The molecule has 5 heteroatoms. The number of rotatable bonds is 3. The molecule has 0 radical (unpaired) electrons. The molecule has 1 saturated carbocycles. The summed E-state index contributed by atoms with van der Waals surface area (Å²) in [6.45, 7) is 0. The van der Waals surface area contributed by atoms with Gasteiger partial charge in [-0.25, -0.2) is 0 Å². The van der Waals surface area contributed by atoms with Gasteiger partial charge < -0.3 is 5.32 Å². The molecule has 1 atom stereocenters. The van der Waals surface area contributed by atoms with Gasteiger partial charge in [0.15, 0.2) is 0 Å². The molecule has 3 nitrogen and oxygen atoms in total. The van der Waals surface area contributed by atoms with Crippen LogP contribution in [0.5, 0.6) is 0 Å². The zero-order valence-electron chi connectivity index (χ0n) is 8.91. The van der Waals surface area contributed by atoms with Gasteiger partial charge in [-0.1, -0.05) is 29.3 Å². The average molecular weight is 269 g/mol. The molecule has 0 saturated heterocycles. The van der Waals surface area contributed by atoms with Crippen molar-refractivity contribution < 1.29 is 4.79 Å². The standard InChI is InChI=1S/C12H10Cl2N2O/c13-9-3-1-2-8(11(9)14)12(17)16-10(6-15)7-4-5-7/h1-3,7,10H,4-5H2,(H,16,17). The molecule has 1 aliphatic carbocycles. The summed E-state index contributed by atoms with van der Waals surface area (Å²) in [7, 11) is 0. The Balaban J connectivity index is 2.14. The Kier molecular flexibility index (Phi) is 3.56. The predicted octanol–water partition coefficient (Wildman–Crippen LogP) is 3.03. The van der Waals surface area contributed by atoms with Crippen LogP contribution in [-0.4, -0.2) is 11.9 Å². The van der Waals surface area contributed by atoms with Crippen LogP contribution in [0.15, 0.2) is 18.2 Å². The van der Waals surface area contributed by atoms with Crippen molar-refractivity contribution in [2.24, 2.45) is 5.92 Å². The van der Waals surface area contributed by atoms with Crippen LogP contribution < -0.4 is 5.32 Å². The van der Waals surface area contributed by atoms with E-state index in [-0.39, 0.29) is 16.8 Å². The summed E-state index contributed by atoms with van der Waals surface area (Å²) in [5.41, 5.74) is 0.306. The van der Waals surface area contributed by atoms with Crippen LogP contribution >= 0.6 is 23.2 Å². The van der Waals surface area contributed by atoms with Crippen LogP contribution in [0.2, 0.25) is 10.0 Å². The molecule has 2 rings (SSSR count). The van der Waals surface area contributed by atoms with Crippen molar-refractivity contribution in [3.05, 3.63) is 33.8 Å². The minimum absolute atomic E-state index is 0.221. The predicted molar refractivity (Wildman–Crippen MR) is 66.1 cm³/mol. The minimum atomic E-state index is -0.433. The Morgan fingerprint density at radius 3 is 2.76 bits per heavy atom. The Morgan fingerprint density at radius 1 is 1.47 bits per heavy atom. The van der Waals surface area contributed by atoms with Crippen molar-refractivity contribution in [3.63, 3.8) is 0 Å². The van der Waals surface area contributed by atoms with Gasteiger partial charge in [-0.05, 0) is 30.9 Å². The lowest BCUT2D eigenvalue weighted by Gasteiger charge is -2.11. The zero-order chi connectivity index (χ0) is 12.4. The van der Waals surface area contributed by atoms with Crippen LogP contribution in [-0.2, 0) is 0 Å². The van der Waals surface area contributed by atoms with E-state index < -0.39 is 6.04 Å². The first kappa shape index (κ1) is 12.2. The largest absolute Gasteiger partial charge is 0.336 e. The van der Waals surface area contributed by atoms with Crippen molar-refractivity contribution in [2.75, 3.05) is 0 Å². The smallest absolute Gasteiger partial charge is 0.253 e. The van der Waals surface area contributed by atoms with Gasteiger partial charge in [0, 0.05) is 0 Å². The highest BCUT2D eigenvalue weighted by atomic mass is 35.5. The van der Waals surface area contributed by atoms with E-state index in [0.29, 0.717) is 10.6 Å². The van der Waals surface area contributed by atoms with Crippen LogP contribution in [0, 0.1) is 17.2 Å². The number of carbonyl (C=O) groups is 1. The SMILES string of the molecule is N#CC(NC(=O)c1cccc(Cl)c1Cl)C1CC1. The summed E-state index contributed by atoms with van der Waals surface area (Å²) in [4.78, 5) is 11.9. The number of hydrogen-bond acceptors (Lipinski definition) is 2. The Bertz CT molecular complexity index is 492. The fraction of sp³-hybridized carbons (Fsp3) is 0.333. The third-order valence-electron chi connectivity index (χ3n) is 2.72. The summed E-state index contributed by atoms with van der Waals surface area (Å²) in [5.74, 6) is -0.0714. The van der Waals surface area contributed by atoms with E-state index in [0.717, 1.165) is 12.8 Å². The van der Waals surface area contributed by atoms with Gasteiger partial charge in [0.2, 0.25) is 0 Å². The number of nitrogens with zero attached hydrogens (tertiary/aromatic N) is 1. The molecule has 1 aromatic rings. The van der Waals surface area contributed by atoms with Crippen LogP contribution in [0.3, 0.4) is 0 Å². The fourth-order valence-electron chi connectivity index (χ4n) is 1.58. The van der Waals surface area contributed by atoms with Crippen molar-refractivity contribution in [1.82, 2.24) is 5.32 Å².